The lowest BCUT2D eigenvalue weighted by Crippen LogP contribution is -2.34. The van der Waals surface area contributed by atoms with E-state index >= 15 is 0 Å². The van der Waals surface area contributed by atoms with Crippen LogP contribution in [-0.4, -0.2) is 36.5 Å². The Morgan fingerprint density at radius 2 is 1.79 bits per heavy atom. The first-order valence-electron chi connectivity index (χ1n) is 8.39. The standard InChI is InChI=1S/C18H25F2NO3/c1-3-5-6-7-11-21(12-10-17(22)24-4-2)18(23)14-8-9-15(19)16(20)13-14/h8-9,13H,3-7,10-12H2,1-2H3. The van der Waals surface area contributed by atoms with Crippen molar-refractivity contribution in [3.63, 3.8) is 0 Å². The van der Waals surface area contributed by atoms with Gasteiger partial charge in [-0.2, -0.15) is 0 Å². The minimum Gasteiger partial charge on any atom is -0.466 e. The number of hydrogen-bond donors (Lipinski definition) is 0. The third kappa shape index (κ3) is 6.64. The minimum atomic E-state index is -1.06. The molecule has 0 saturated heterocycles. The van der Waals surface area contributed by atoms with Gasteiger partial charge in [0.05, 0.1) is 13.0 Å². The van der Waals surface area contributed by atoms with Crippen molar-refractivity contribution in [3.8, 4) is 0 Å². The molecule has 0 aliphatic rings. The molecule has 0 saturated carbocycles. The zero-order valence-electron chi connectivity index (χ0n) is 14.3. The number of hydrogen-bond acceptors (Lipinski definition) is 3. The lowest BCUT2D eigenvalue weighted by atomic mass is 10.1. The summed E-state index contributed by atoms with van der Waals surface area (Å²) in [5, 5.41) is 0. The first kappa shape index (κ1) is 20.1. The summed E-state index contributed by atoms with van der Waals surface area (Å²) in [5.74, 6) is -2.84. The maximum Gasteiger partial charge on any atom is 0.307 e. The fraction of sp³-hybridized carbons (Fsp3) is 0.556. The minimum absolute atomic E-state index is 0.0771. The second-order valence-corrected chi connectivity index (χ2v) is 5.54. The van der Waals surface area contributed by atoms with Crippen LogP contribution in [0.3, 0.4) is 0 Å². The summed E-state index contributed by atoms with van der Waals surface area (Å²) in [5.41, 5.74) is 0.0771. The van der Waals surface area contributed by atoms with Gasteiger partial charge >= 0.3 is 5.97 Å². The molecule has 0 N–H and O–H groups in total. The van der Waals surface area contributed by atoms with Gasteiger partial charge in [0.1, 0.15) is 0 Å². The smallest absolute Gasteiger partial charge is 0.307 e. The predicted molar refractivity (Wildman–Crippen MR) is 87.7 cm³/mol. The number of unbranched alkanes of at least 4 members (excludes halogenated alkanes) is 3. The third-order valence-electron chi connectivity index (χ3n) is 3.63. The van der Waals surface area contributed by atoms with Gasteiger partial charge in [-0.05, 0) is 31.5 Å². The van der Waals surface area contributed by atoms with E-state index < -0.39 is 17.5 Å². The molecule has 0 atom stereocenters. The Labute approximate surface area is 141 Å². The quantitative estimate of drug-likeness (QED) is 0.478. The van der Waals surface area contributed by atoms with Gasteiger partial charge in [0.2, 0.25) is 0 Å². The SMILES string of the molecule is CCCCCCN(CCC(=O)OCC)C(=O)c1ccc(F)c(F)c1. The molecule has 1 aromatic carbocycles. The Hall–Kier alpha value is -1.98. The number of amides is 1. The van der Waals surface area contributed by atoms with E-state index in [1.54, 1.807) is 6.92 Å². The molecule has 4 nitrogen and oxygen atoms in total. The highest BCUT2D eigenvalue weighted by atomic mass is 19.2. The van der Waals surface area contributed by atoms with Crippen molar-refractivity contribution in [1.82, 2.24) is 4.90 Å². The Bertz CT molecular complexity index is 549. The van der Waals surface area contributed by atoms with Gasteiger partial charge in [-0.25, -0.2) is 8.78 Å². The maximum absolute atomic E-state index is 13.3. The van der Waals surface area contributed by atoms with Crippen LogP contribution in [0, 0.1) is 11.6 Å². The first-order chi connectivity index (χ1) is 11.5. The lowest BCUT2D eigenvalue weighted by molar-refractivity contribution is -0.143. The van der Waals surface area contributed by atoms with Crippen molar-refractivity contribution in [2.24, 2.45) is 0 Å². The average molecular weight is 341 g/mol. The third-order valence-corrected chi connectivity index (χ3v) is 3.63. The molecule has 6 heteroatoms. The van der Waals surface area contributed by atoms with Crippen molar-refractivity contribution in [1.29, 1.82) is 0 Å². The van der Waals surface area contributed by atoms with Gasteiger partial charge in [0.15, 0.2) is 11.6 Å². The summed E-state index contributed by atoms with van der Waals surface area (Å²) in [4.78, 5) is 25.5. The van der Waals surface area contributed by atoms with Crippen LogP contribution in [0.5, 0.6) is 0 Å². The molecule has 0 bridgehead atoms. The second-order valence-electron chi connectivity index (χ2n) is 5.54. The molecule has 24 heavy (non-hydrogen) atoms. The van der Waals surface area contributed by atoms with E-state index in [0.29, 0.717) is 6.54 Å². The number of nitrogens with zero attached hydrogens (tertiary/aromatic N) is 1. The largest absolute Gasteiger partial charge is 0.466 e. The Kier molecular flexibility index (Phi) is 8.97. The Morgan fingerprint density at radius 3 is 2.42 bits per heavy atom. The zero-order valence-corrected chi connectivity index (χ0v) is 14.3. The highest BCUT2D eigenvalue weighted by Crippen LogP contribution is 2.13. The predicted octanol–water partition coefficient (Wildman–Crippen LogP) is 3.94. The van der Waals surface area contributed by atoms with Crippen LogP contribution in [0.1, 0.15) is 56.3 Å². The van der Waals surface area contributed by atoms with Crippen LogP contribution in [0.2, 0.25) is 0 Å². The Morgan fingerprint density at radius 1 is 1.04 bits per heavy atom. The normalized spacial score (nSPS) is 10.5. The maximum atomic E-state index is 13.3. The highest BCUT2D eigenvalue weighted by Gasteiger charge is 2.18. The van der Waals surface area contributed by atoms with Crippen LogP contribution >= 0.6 is 0 Å². The van der Waals surface area contributed by atoms with Crippen molar-refractivity contribution in [2.45, 2.75) is 46.0 Å². The second kappa shape index (κ2) is 10.7. The van der Waals surface area contributed by atoms with Crippen LogP contribution in [0.15, 0.2) is 18.2 Å². The van der Waals surface area contributed by atoms with E-state index in [0.717, 1.165) is 37.8 Å². The molecule has 134 valence electrons. The fourth-order valence-corrected chi connectivity index (χ4v) is 2.32. The van der Waals surface area contributed by atoms with Crippen molar-refractivity contribution in [3.05, 3.63) is 35.4 Å². The van der Waals surface area contributed by atoms with Gasteiger partial charge < -0.3 is 9.64 Å². The summed E-state index contributed by atoms with van der Waals surface area (Å²) >= 11 is 0. The molecule has 1 aromatic rings. The molecule has 0 unspecified atom stereocenters. The zero-order chi connectivity index (χ0) is 17.9. The van der Waals surface area contributed by atoms with Crippen LogP contribution < -0.4 is 0 Å². The molecule has 1 rings (SSSR count). The van der Waals surface area contributed by atoms with Gasteiger partial charge in [-0.3, -0.25) is 9.59 Å². The first-order valence-corrected chi connectivity index (χ1v) is 8.39. The lowest BCUT2D eigenvalue weighted by Gasteiger charge is -2.22. The number of benzene rings is 1. The summed E-state index contributed by atoms with van der Waals surface area (Å²) in [6, 6.07) is 3.08. The molecular formula is C18H25F2NO3. The van der Waals surface area contributed by atoms with Crippen LogP contribution in [0.4, 0.5) is 8.78 Å². The molecule has 1 amide bonds. The molecule has 0 aliphatic carbocycles. The van der Waals surface area contributed by atoms with Gasteiger partial charge in [0, 0.05) is 18.7 Å². The van der Waals surface area contributed by atoms with E-state index in [4.69, 9.17) is 4.74 Å². The topological polar surface area (TPSA) is 46.6 Å². The number of ether oxygens (including phenoxy) is 1. The highest BCUT2D eigenvalue weighted by molar-refractivity contribution is 5.94. The summed E-state index contributed by atoms with van der Waals surface area (Å²) in [6.45, 7) is 4.75. The molecule has 0 aromatic heterocycles. The number of carbonyl (C=O) groups is 2. The number of rotatable bonds is 10. The summed E-state index contributed by atoms with van der Waals surface area (Å²) in [6.07, 6.45) is 3.98. The summed E-state index contributed by atoms with van der Waals surface area (Å²) < 4.78 is 31.2. The summed E-state index contributed by atoms with van der Waals surface area (Å²) in [7, 11) is 0. The van der Waals surface area contributed by atoms with Gasteiger partial charge in [-0.15, -0.1) is 0 Å². The number of carbonyl (C=O) groups excluding carboxylic acids is 2. The monoisotopic (exact) mass is 341 g/mol. The van der Waals surface area contributed by atoms with E-state index in [-0.39, 0.29) is 31.1 Å². The van der Waals surface area contributed by atoms with Crippen molar-refractivity contribution in [2.75, 3.05) is 19.7 Å². The van der Waals surface area contributed by atoms with E-state index in [1.807, 2.05) is 0 Å². The average Bonchev–Trinajstić information content (AvgIpc) is 2.56. The van der Waals surface area contributed by atoms with E-state index in [9.17, 15) is 18.4 Å². The van der Waals surface area contributed by atoms with Crippen LogP contribution in [0.25, 0.3) is 0 Å². The van der Waals surface area contributed by atoms with Crippen molar-refractivity contribution >= 4 is 11.9 Å². The van der Waals surface area contributed by atoms with E-state index in [2.05, 4.69) is 6.92 Å². The molecule has 0 aliphatic heterocycles. The molecule has 0 radical (unpaired) electrons. The molecule has 0 heterocycles. The molecule has 0 fully saturated rings. The van der Waals surface area contributed by atoms with Gasteiger partial charge in [0.25, 0.3) is 5.91 Å². The van der Waals surface area contributed by atoms with Crippen molar-refractivity contribution < 1.29 is 23.1 Å². The molecular weight excluding hydrogens is 316 g/mol. The number of halogens is 2. The van der Waals surface area contributed by atoms with Gasteiger partial charge in [-0.1, -0.05) is 26.2 Å². The number of esters is 1. The Balaban J connectivity index is 2.75. The van der Waals surface area contributed by atoms with E-state index in [1.165, 1.54) is 11.0 Å². The van der Waals surface area contributed by atoms with Crippen LogP contribution in [-0.2, 0) is 9.53 Å². The molecule has 0 spiro atoms. The fourth-order valence-electron chi connectivity index (χ4n) is 2.32.